The van der Waals surface area contributed by atoms with Crippen molar-refractivity contribution in [2.24, 2.45) is 5.92 Å². The van der Waals surface area contributed by atoms with Gasteiger partial charge in [-0.3, -0.25) is 0 Å². The average molecular weight is 384 g/mol. The molecule has 0 radical (unpaired) electrons. The van der Waals surface area contributed by atoms with Crippen LogP contribution in [0.1, 0.15) is 57.6 Å². The molecule has 0 unspecified atom stereocenters. The lowest BCUT2D eigenvalue weighted by molar-refractivity contribution is -0.0512. The summed E-state index contributed by atoms with van der Waals surface area (Å²) in [7, 11) is 1.39. The Balaban J connectivity index is 1.97. The number of urea groups is 1. The molecule has 0 spiro atoms. The number of benzene rings is 1. The predicted octanol–water partition coefficient (Wildman–Crippen LogP) is 4.97. The molecule has 1 aliphatic heterocycles. The highest BCUT2D eigenvalue weighted by Crippen LogP contribution is 2.31. The Bertz CT molecular complexity index is 613. The third kappa shape index (κ3) is 6.26. The van der Waals surface area contributed by atoms with Crippen LogP contribution in [0, 0.1) is 5.92 Å². The number of nitrogens with one attached hydrogen (secondary N) is 1. The Morgan fingerprint density at radius 3 is 2.74 bits per heavy atom. The van der Waals surface area contributed by atoms with Crippen LogP contribution in [0.5, 0.6) is 11.5 Å². The first kappa shape index (κ1) is 21.3. The standard InChI is InChI=1S/C20H30F2N2O3/c1-4-6-15-7-5-11-24(12-10-15)20(25)23-14(2)16-8-9-17(27-19(21)22)18(13-16)26-3/h8-9,13-15,19H,4-7,10-12H2,1-3H3,(H,23,25)/t14-,15+/m1/s1. The fourth-order valence-electron chi connectivity index (χ4n) is 3.57. The van der Waals surface area contributed by atoms with Crippen molar-refractivity contribution >= 4 is 6.03 Å². The zero-order valence-corrected chi connectivity index (χ0v) is 16.3. The van der Waals surface area contributed by atoms with Gasteiger partial charge in [0.2, 0.25) is 0 Å². The molecule has 0 saturated carbocycles. The number of hydrogen-bond acceptors (Lipinski definition) is 3. The lowest BCUT2D eigenvalue weighted by atomic mass is 9.96. The molecule has 7 heteroatoms. The summed E-state index contributed by atoms with van der Waals surface area (Å²) in [5, 5.41) is 2.99. The summed E-state index contributed by atoms with van der Waals surface area (Å²) < 4.78 is 34.5. The zero-order chi connectivity index (χ0) is 19.8. The molecule has 1 aromatic rings. The summed E-state index contributed by atoms with van der Waals surface area (Å²) in [6, 6.07) is 4.34. The van der Waals surface area contributed by atoms with Crippen LogP contribution in [0.4, 0.5) is 13.6 Å². The molecule has 1 aliphatic rings. The van der Waals surface area contributed by atoms with Gasteiger partial charge in [-0.05, 0) is 49.8 Å². The number of carbonyl (C=O) groups is 1. The lowest BCUT2D eigenvalue weighted by Gasteiger charge is -2.24. The number of methoxy groups -OCH3 is 1. The topological polar surface area (TPSA) is 50.8 Å². The minimum Gasteiger partial charge on any atom is -0.493 e. The number of amides is 2. The molecule has 0 aromatic heterocycles. The quantitative estimate of drug-likeness (QED) is 0.722. The van der Waals surface area contributed by atoms with E-state index < -0.39 is 6.61 Å². The molecule has 1 fully saturated rings. The molecule has 1 saturated heterocycles. The van der Waals surface area contributed by atoms with Crippen LogP contribution in [-0.2, 0) is 0 Å². The number of likely N-dealkylation sites (tertiary alicyclic amines) is 1. The van der Waals surface area contributed by atoms with E-state index in [1.807, 2.05) is 11.8 Å². The second kappa shape index (κ2) is 10.3. The van der Waals surface area contributed by atoms with Crippen LogP contribution < -0.4 is 14.8 Å². The fraction of sp³-hybridized carbons (Fsp3) is 0.650. The van der Waals surface area contributed by atoms with Crippen LogP contribution in [0.3, 0.4) is 0 Å². The molecule has 0 bridgehead atoms. The number of carbonyl (C=O) groups excluding carboxylic acids is 1. The van der Waals surface area contributed by atoms with Crippen molar-refractivity contribution in [3.05, 3.63) is 23.8 Å². The van der Waals surface area contributed by atoms with Gasteiger partial charge in [0.25, 0.3) is 0 Å². The Kier molecular flexibility index (Phi) is 8.13. The van der Waals surface area contributed by atoms with E-state index in [4.69, 9.17) is 4.74 Å². The van der Waals surface area contributed by atoms with Crippen molar-refractivity contribution in [2.45, 2.75) is 58.6 Å². The van der Waals surface area contributed by atoms with Gasteiger partial charge in [-0.1, -0.05) is 25.8 Å². The molecule has 152 valence electrons. The Labute approximate surface area is 160 Å². The van der Waals surface area contributed by atoms with Crippen molar-refractivity contribution in [1.29, 1.82) is 0 Å². The molecule has 2 amide bonds. The number of hydrogen-bond donors (Lipinski definition) is 1. The molecule has 0 aliphatic carbocycles. The predicted molar refractivity (Wildman–Crippen MR) is 100 cm³/mol. The molecular weight excluding hydrogens is 354 g/mol. The normalized spacial score (nSPS) is 18.7. The lowest BCUT2D eigenvalue weighted by Crippen LogP contribution is -2.41. The highest BCUT2D eigenvalue weighted by Gasteiger charge is 2.22. The molecule has 2 rings (SSSR count). The van der Waals surface area contributed by atoms with E-state index >= 15 is 0 Å². The average Bonchev–Trinajstić information content (AvgIpc) is 2.87. The third-order valence-corrected chi connectivity index (χ3v) is 5.08. The van der Waals surface area contributed by atoms with E-state index in [1.165, 1.54) is 32.4 Å². The first-order chi connectivity index (χ1) is 12.9. The van der Waals surface area contributed by atoms with Gasteiger partial charge < -0.3 is 19.7 Å². The Morgan fingerprint density at radius 1 is 1.30 bits per heavy atom. The SMILES string of the molecule is CCC[C@H]1CCCN(C(=O)N[C@H](C)c2ccc(OC(F)F)c(OC)c2)CC1. The first-order valence-corrected chi connectivity index (χ1v) is 9.62. The molecule has 1 N–H and O–H groups in total. The molecular formula is C20H30F2N2O3. The van der Waals surface area contributed by atoms with E-state index in [2.05, 4.69) is 17.0 Å². The highest BCUT2D eigenvalue weighted by atomic mass is 19.3. The van der Waals surface area contributed by atoms with Gasteiger partial charge in [-0.2, -0.15) is 8.78 Å². The van der Waals surface area contributed by atoms with E-state index in [-0.39, 0.29) is 23.6 Å². The minimum atomic E-state index is -2.92. The summed E-state index contributed by atoms with van der Waals surface area (Å²) in [6.07, 6.45) is 5.65. The second-order valence-corrected chi connectivity index (χ2v) is 7.03. The summed E-state index contributed by atoms with van der Waals surface area (Å²) in [4.78, 5) is 14.5. The Hall–Kier alpha value is -2.05. The maximum atomic E-state index is 12.6. The molecule has 1 heterocycles. The van der Waals surface area contributed by atoms with E-state index in [0.29, 0.717) is 5.92 Å². The van der Waals surface area contributed by atoms with Gasteiger partial charge in [-0.15, -0.1) is 0 Å². The number of ether oxygens (including phenoxy) is 2. The smallest absolute Gasteiger partial charge is 0.387 e. The molecule has 2 atom stereocenters. The largest absolute Gasteiger partial charge is 0.493 e. The minimum absolute atomic E-state index is 0.0238. The number of alkyl halides is 2. The van der Waals surface area contributed by atoms with Crippen LogP contribution >= 0.6 is 0 Å². The number of halogens is 2. The van der Waals surface area contributed by atoms with E-state index in [1.54, 1.807) is 12.1 Å². The van der Waals surface area contributed by atoms with Crippen molar-refractivity contribution in [1.82, 2.24) is 10.2 Å². The van der Waals surface area contributed by atoms with Gasteiger partial charge in [0, 0.05) is 13.1 Å². The van der Waals surface area contributed by atoms with Crippen molar-refractivity contribution in [3.63, 3.8) is 0 Å². The van der Waals surface area contributed by atoms with Gasteiger partial charge in [-0.25, -0.2) is 4.79 Å². The maximum Gasteiger partial charge on any atom is 0.387 e. The van der Waals surface area contributed by atoms with Gasteiger partial charge in [0.15, 0.2) is 11.5 Å². The van der Waals surface area contributed by atoms with Crippen LogP contribution in [0.25, 0.3) is 0 Å². The maximum absolute atomic E-state index is 12.6. The molecule has 1 aromatic carbocycles. The van der Waals surface area contributed by atoms with E-state index in [0.717, 1.165) is 31.5 Å². The second-order valence-electron chi connectivity index (χ2n) is 7.03. The van der Waals surface area contributed by atoms with Crippen molar-refractivity contribution in [2.75, 3.05) is 20.2 Å². The Morgan fingerprint density at radius 2 is 2.07 bits per heavy atom. The summed E-state index contributed by atoms with van der Waals surface area (Å²) in [5.41, 5.74) is 0.764. The van der Waals surface area contributed by atoms with Gasteiger partial charge >= 0.3 is 12.6 Å². The van der Waals surface area contributed by atoms with Crippen molar-refractivity contribution < 1.29 is 23.0 Å². The van der Waals surface area contributed by atoms with Crippen LogP contribution in [0.15, 0.2) is 18.2 Å². The first-order valence-electron chi connectivity index (χ1n) is 9.62. The van der Waals surface area contributed by atoms with Crippen molar-refractivity contribution in [3.8, 4) is 11.5 Å². The number of nitrogens with zero attached hydrogens (tertiary/aromatic N) is 1. The van der Waals surface area contributed by atoms with Crippen LogP contribution in [-0.4, -0.2) is 37.7 Å². The molecule has 27 heavy (non-hydrogen) atoms. The van der Waals surface area contributed by atoms with Crippen LogP contribution in [0.2, 0.25) is 0 Å². The zero-order valence-electron chi connectivity index (χ0n) is 16.3. The summed E-state index contributed by atoms with van der Waals surface area (Å²) in [6.45, 7) is 2.68. The summed E-state index contributed by atoms with van der Waals surface area (Å²) in [5.74, 6) is 0.896. The van der Waals surface area contributed by atoms with Gasteiger partial charge in [0.05, 0.1) is 13.2 Å². The molecule has 5 nitrogen and oxygen atoms in total. The third-order valence-electron chi connectivity index (χ3n) is 5.08. The monoisotopic (exact) mass is 384 g/mol. The number of rotatable bonds is 7. The van der Waals surface area contributed by atoms with E-state index in [9.17, 15) is 13.6 Å². The van der Waals surface area contributed by atoms with Gasteiger partial charge in [0.1, 0.15) is 0 Å². The fourth-order valence-corrected chi connectivity index (χ4v) is 3.57. The summed E-state index contributed by atoms with van der Waals surface area (Å²) >= 11 is 0. The highest BCUT2D eigenvalue weighted by molar-refractivity contribution is 5.74.